The summed E-state index contributed by atoms with van der Waals surface area (Å²) in [5.41, 5.74) is 8.99. The molecule has 2 rings (SSSR count). The third-order valence-corrected chi connectivity index (χ3v) is 3.84. The molecule has 1 amide bonds. The first-order valence-electron chi connectivity index (χ1n) is 8.33. The molecule has 128 valence electrons. The van der Waals surface area contributed by atoms with Crippen molar-refractivity contribution in [3.8, 4) is 5.75 Å². The Balaban J connectivity index is 1.87. The summed E-state index contributed by atoms with van der Waals surface area (Å²) in [5.74, 6) is 0.783. The average molecular weight is 326 g/mol. The Morgan fingerprint density at radius 3 is 2.75 bits per heavy atom. The second-order valence-corrected chi connectivity index (χ2v) is 6.16. The number of hydrogen-bond acceptors (Lipinski definition) is 3. The van der Waals surface area contributed by atoms with Gasteiger partial charge in [0.2, 0.25) is 5.91 Å². The van der Waals surface area contributed by atoms with E-state index in [0.29, 0.717) is 19.6 Å². The molecule has 0 aliphatic carbocycles. The summed E-state index contributed by atoms with van der Waals surface area (Å²) >= 11 is 0. The maximum atomic E-state index is 11.9. The predicted octanol–water partition coefficient (Wildman–Crippen LogP) is 2.97. The van der Waals surface area contributed by atoms with E-state index < -0.39 is 0 Å². The molecule has 0 heterocycles. The third kappa shape index (κ3) is 6.05. The van der Waals surface area contributed by atoms with Crippen molar-refractivity contribution in [1.82, 2.24) is 5.32 Å². The second-order valence-electron chi connectivity index (χ2n) is 6.16. The fraction of sp³-hybridized carbons (Fsp3) is 0.350. The normalized spacial score (nSPS) is 11.8. The first kappa shape index (κ1) is 18.0. The van der Waals surface area contributed by atoms with E-state index in [4.69, 9.17) is 10.5 Å². The van der Waals surface area contributed by atoms with Crippen LogP contribution in [0.3, 0.4) is 0 Å². The highest BCUT2D eigenvalue weighted by atomic mass is 16.5. The zero-order valence-electron chi connectivity index (χ0n) is 14.4. The van der Waals surface area contributed by atoms with Gasteiger partial charge >= 0.3 is 0 Å². The number of ether oxygens (including phenoxy) is 1. The molecule has 0 spiro atoms. The summed E-state index contributed by atoms with van der Waals surface area (Å²) in [4.78, 5) is 11.9. The molecule has 2 aromatic rings. The van der Waals surface area contributed by atoms with Crippen LogP contribution in [-0.4, -0.2) is 18.5 Å². The van der Waals surface area contributed by atoms with Gasteiger partial charge in [-0.3, -0.25) is 4.79 Å². The molecule has 24 heavy (non-hydrogen) atoms. The van der Waals surface area contributed by atoms with Crippen molar-refractivity contribution >= 4 is 5.91 Å². The Hall–Kier alpha value is -2.33. The number of hydrogen-bond donors (Lipinski definition) is 2. The van der Waals surface area contributed by atoms with Crippen LogP contribution in [-0.2, 0) is 17.8 Å². The van der Waals surface area contributed by atoms with Gasteiger partial charge in [0, 0.05) is 12.6 Å². The lowest BCUT2D eigenvalue weighted by Gasteiger charge is -2.10. The average Bonchev–Trinajstić information content (AvgIpc) is 2.54. The molecule has 2 aromatic carbocycles. The van der Waals surface area contributed by atoms with Gasteiger partial charge in [-0.05, 0) is 49.1 Å². The Kier molecular flexibility index (Phi) is 6.82. The van der Waals surface area contributed by atoms with Crippen molar-refractivity contribution in [3.63, 3.8) is 0 Å². The van der Waals surface area contributed by atoms with Crippen LogP contribution in [0.5, 0.6) is 5.75 Å². The van der Waals surface area contributed by atoms with E-state index in [1.54, 1.807) is 0 Å². The minimum atomic E-state index is 0.00621. The fourth-order valence-corrected chi connectivity index (χ4v) is 2.37. The molecule has 0 saturated heterocycles. The molecule has 0 radical (unpaired) electrons. The molecule has 4 heteroatoms. The van der Waals surface area contributed by atoms with Crippen LogP contribution in [0.15, 0.2) is 48.5 Å². The molecule has 0 saturated carbocycles. The number of carbonyl (C=O) groups is 1. The van der Waals surface area contributed by atoms with Crippen LogP contribution >= 0.6 is 0 Å². The molecule has 3 N–H and O–H groups in total. The van der Waals surface area contributed by atoms with Crippen LogP contribution in [0.1, 0.15) is 30.0 Å². The van der Waals surface area contributed by atoms with Crippen molar-refractivity contribution < 1.29 is 9.53 Å². The summed E-state index contributed by atoms with van der Waals surface area (Å²) in [6.07, 6.45) is 1.13. The first-order valence-corrected chi connectivity index (χ1v) is 8.33. The summed E-state index contributed by atoms with van der Waals surface area (Å²) in [6.45, 7) is 5.14. The van der Waals surface area contributed by atoms with E-state index in [1.807, 2.05) is 43.3 Å². The van der Waals surface area contributed by atoms with E-state index in [2.05, 4.69) is 24.4 Å². The zero-order valence-corrected chi connectivity index (χ0v) is 14.4. The second kappa shape index (κ2) is 9.08. The smallest absolute Gasteiger partial charge is 0.224 e. The molecule has 0 aliphatic rings. The van der Waals surface area contributed by atoms with Crippen LogP contribution in [0.2, 0.25) is 0 Å². The van der Waals surface area contributed by atoms with Gasteiger partial charge in [0.25, 0.3) is 0 Å². The van der Waals surface area contributed by atoms with E-state index in [9.17, 15) is 4.79 Å². The first-order chi connectivity index (χ1) is 11.5. The largest absolute Gasteiger partial charge is 0.489 e. The van der Waals surface area contributed by atoms with Gasteiger partial charge in [0.1, 0.15) is 12.4 Å². The number of rotatable bonds is 8. The van der Waals surface area contributed by atoms with Gasteiger partial charge in [-0.2, -0.15) is 0 Å². The standard InChI is InChI=1S/C20H26N2O2/c1-15-6-3-4-8-18(15)14-24-19-9-5-7-17(12-19)13-20(23)22-11-10-16(2)21/h3-9,12,16H,10-11,13-14,21H2,1-2H3,(H,22,23). The van der Waals surface area contributed by atoms with E-state index in [1.165, 1.54) is 5.56 Å². The van der Waals surface area contributed by atoms with Crippen molar-refractivity contribution in [1.29, 1.82) is 0 Å². The lowest BCUT2D eigenvalue weighted by molar-refractivity contribution is -0.120. The highest BCUT2D eigenvalue weighted by Crippen LogP contribution is 2.17. The minimum Gasteiger partial charge on any atom is -0.489 e. The lowest BCUT2D eigenvalue weighted by atomic mass is 10.1. The SMILES string of the molecule is Cc1ccccc1COc1cccc(CC(=O)NCCC(C)N)c1. The number of carbonyl (C=O) groups excluding carboxylic acids is 1. The molecule has 1 atom stereocenters. The van der Waals surface area contributed by atoms with Crippen LogP contribution in [0, 0.1) is 6.92 Å². The highest BCUT2D eigenvalue weighted by molar-refractivity contribution is 5.78. The van der Waals surface area contributed by atoms with Crippen LogP contribution in [0.25, 0.3) is 0 Å². The van der Waals surface area contributed by atoms with Gasteiger partial charge in [0.15, 0.2) is 0 Å². The molecule has 1 unspecified atom stereocenters. The number of amides is 1. The van der Waals surface area contributed by atoms with Gasteiger partial charge in [-0.1, -0.05) is 36.4 Å². The van der Waals surface area contributed by atoms with E-state index >= 15 is 0 Å². The Morgan fingerprint density at radius 2 is 2.00 bits per heavy atom. The molecule has 0 aliphatic heterocycles. The van der Waals surface area contributed by atoms with E-state index in [-0.39, 0.29) is 11.9 Å². The summed E-state index contributed by atoms with van der Waals surface area (Å²) in [7, 11) is 0. The predicted molar refractivity (Wildman–Crippen MR) is 96.9 cm³/mol. The maximum absolute atomic E-state index is 11.9. The van der Waals surface area contributed by atoms with Gasteiger partial charge in [-0.15, -0.1) is 0 Å². The highest BCUT2D eigenvalue weighted by Gasteiger charge is 2.05. The number of nitrogens with two attached hydrogens (primary N) is 1. The third-order valence-electron chi connectivity index (χ3n) is 3.84. The van der Waals surface area contributed by atoms with Crippen molar-refractivity contribution in [2.45, 2.75) is 39.3 Å². The lowest BCUT2D eigenvalue weighted by Crippen LogP contribution is -2.29. The molecule has 0 fully saturated rings. The Morgan fingerprint density at radius 1 is 1.21 bits per heavy atom. The molecule has 0 aromatic heterocycles. The topological polar surface area (TPSA) is 64.3 Å². The molecular weight excluding hydrogens is 300 g/mol. The Labute approximate surface area is 144 Å². The van der Waals surface area contributed by atoms with Crippen molar-refractivity contribution in [3.05, 3.63) is 65.2 Å². The summed E-state index contributed by atoms with van der Waals surface area (Å²) in [6, 6.07) is 15.9. The maximum Gasteiger partial charge on any atom is 0.224 e. The monoisotopic (exact) mass is 326 g/mol. The van der Waals surface area contributed by atoms with Gasteiger partial charge < -0.3 is 15.8 Å². The fourth-order valence-electron chi connectivity index (χ4n) is 2.37. The van der Waals surface area contributed by atoms with Crippen molar-refractivity contribution in [2.24, 2.45) is 5.73 Å². The Bertz CT molecular complexity index is 668. The summed E-state index contributed by atoms with van der Waals surface area (Å²) in [5, 5.41) is 2.89. The van der Waals surface area contributed by atoms with Crippen LogP contribution in [0.4, 0.5) is 0 Å². The molecule has 4 nitrogen and oxygen atoms in total. The minimum absolute atomic E-state index is 0.00621. The number of benzene rings is 2. The zero-order chi connectivity index (χ0) is 17.4. The summed E-state index contributed by atoms with van der Waals surface area (Å²) < 4.78 is 5.86. The number of aryl methyl sites for hydroxylation is 1. The molecular formula is C20H26N2O2. The molecule has 0 bridgehead atoms. The number of nitrogens with one attached hydrogen (secondary N) is 1. The van der Waals surface area contributed by atoms with Crippen LogP contribution < -0.4 is 15.8 Å². The van der Waals surface area contributed by atoms with Gasteiger partial charge in [-0.25, -0.2) is 0 Å². The van der Waals surface area contributed by atoms with E-state index in [0.717, 1.165) is 23.3 Å². The van der Waals surface area contributed by atoms with Gasteiger partial charge in [0.05, 0.1) is 6.42 Å². The quantitative estimate of drug-likeness (QED) is 0.784. The van der Waals surface area contributed by atoms with Crippen molar-refractivity contribution in [2.75, 3.05) is 6.54 Å².